The van der Waals surface area contributed by atoms with Gasteiger partial charge < -0.3 is 14.6 Å². The van der Waals surface area contributed by atoms with Gasteiger partial charge in [-0.2, -0.15) is 0 Å². The maximum atomic E-state index is 11.0. The highest BCUT2D eigenvalue weighted by Crippen LogP contribution is 2.41. The third kappa shape index (κ3) is 3.05. The molecule has 1 atom stereocenters. The Morgan fingerprint density at radius 3 is 2.81 bits per heavy atom. The Bertz CT molecular complexity index is 532. The lowest BCUT2D eigenvalue weighted by Crippen LogP contribution is -2.41. The highest BCUT2D eigenvalue weighted by Gasteiger charge is 2.40. The van der Waals surface area contributed by atoms with Crippen molar-refractivity contribution in [1.82, 2.24) is 0 Å². The van der Waals surface area contributed by atoms with Gasteiger partial charge in [0.15, 0.2) is 0 Å². The molecule has 1 aromatic rings. The molecule has 3 rings (SSSR count). The largest absolute Gasteiger partial charge is 0.490 e. The number of aryl methyl sites for hydroxylation is 1. The molecular formula is C17H22O4. The molecule has 0 radical (unpaired) electrons. The maximum absolute atomic E-state index is 11.0. The van der Waals surface area contributed by atoms with Crippen LogP contribution in [0, 0.1) is 6.92 Å². The van der Waals surface area contributed by atoms with Crippen LogP contribution in [0.1, 0.15) is 54.4 Å². The molecule has 0 aromatic heterocycles. The fraction of sp³-hybridized carbons (Fsp3) is 0.588. The molecule has 2 fully saturated rings. The molecule has 0 amide bonds. The van der Waals surface area contributed by atoms with Crippen molar-refractivity contribution < 1.29 is 19.4 Å². The fourth-order valence-electron chi connectivity index (χ4n) is 3.59. The van der Waals surface area contributed by atoms with Crippen molar-refractivity contribution >= 4 is 5.97 Å². The van der Waals surface area contributed by atoms with E-state index in [0.717, 1.165) is 43.6 Å². The van der Waals surface area contributed by atoms with Crippen LogP contribution in [0.25, 0.3) is 0 Å². The van der Waals surface area contributed by atoms with Gasteiger partial charge in [0.2, 0.25) is 0 Å². The minimum Gasteiger partial charge on any atom is -0.490 e. The molecular weight excluding hydrogens is 268 g/mol. The van der Waals surface area contributed by atoms with E-state index < -0.39 is 5.97 Å². The van der Waals surface area contributed by atoms with Crippen molar-refractivity contribution in [2.75, 3.05) is 6.61 Å². The molecule has 1 heterocycles. The van der Waals surface area contributed by atoms with Gasteiger partial charge in [-0.05, 0) is 43.5 Å². The number of rotatable bonds is 3. The first-order valence-electron chi connectivity index (χ1n) is 7.73. The Balaban J connectivity index is 1.68. The SMILES string of the molecule is Cc1cc(OC2CCOC3(CCCC3)C2)ccc1C(=O)O. The minimum absolute atomic E-state index is 0.0406. The summed E-state index contributed by atoms with van der Waals surface area (Å²) in [6.07, 6.45) is 6.81. The summed E-state index contributed by atoms with van der Waals surface area (Å²) in [5, 5.41) is 9.06. The number of ether oxygens (including phenoxy) is 2. The second-order valence-electron chi connectivity index (χ2n) is 6.25. The summed E-state index contributed by atoms with van der Waals surface area (Å²) < 4.78 is 12.1. The van der Waals surface area contributed by atoms with Gasteiger partial charge in [-0.3, -0.25) is 0 Å². The molecule has 1 unspecified atom stereocenters. The van der Waals surface area contributed by atoms with Crippen LogP contribution in [0.3, 0.4) is 0 Å². The zero-order valence-electron chi connectivity index (χ0n) is 12.4. The average molecular weight is 290 g/mol. The Kier molecular flexibility index (Phi) is 3.89. The third-order valence-corrected chi connectivity index (χ3v) is 4.69. The molecule has 1 aliphatic carbocycles. The summed E-state index contributed by atoms with van der Waals surface area (Å²) in [4.78, 5) is 11.0. The molecule has 1 spiro atoms. The van der Waals surface area contributed by atoms with E-state index in [2.05, 4.69) is 0 Å². The quantitative estimate of drug-likeness (QED) is 0.924. The highest BCUT2D eigenvalue weighted by atomic mass is 16.5. The number of hydrogen-bond donors (Lipinski definition) is 1. The van der Waals surface area contributed by atoms with Crippen molar-refractivity contribution in [1.29, 1.82) is 0 Å². The van der Waals surface area contributed by atoms with Gasteiger partial charge in [-0.25, -0.2) is 4.79 Å². The lowest BCUT2D eigenvalue weighted by molar-refractivity contribution is -0.108. The predicted octanol–water partition coefficient (Wildman–Crippen LogP) is 3.56. The summed E-state index contributed by atoms with van der Waals surface area (Å²) in [6.45, 7) is 2.57. The van der Waals surface area contributed by atoms with E-state index in [1.807, 2.05) is 6.07 Å². The average Bonchev–Trinajstić information content (AvgIpc) is 2.86. The van der Waals surface area contributed by atoms with E-state index in [0.29, 0.717) is 5.56 Å². The highest BCUT2D eigenvalue weighted by molar-refractivity contribution is 5.89. The number of carboxylic acid groups (broad SMARTS) is 1. The molecule has 4 nitrogen and oxygen atoms in total. The first kappa shape index (κ1) is 14.4. The number of hydrogen-bond acceptors (Lipinski definition) is 3. The van der Waals surface area contributed by atoms with Gasteiger partial charge in [0.1, 0.15) is 11.9 Å². The molecule has 1 saturated carbocycles. The molecule has 114 valence electrons. The zero-order chi connectivity index (χ0) is 14.9. The first-order valence-corrected chi connectivity index (χ1v) is 7.73. The predicted molar refractivity (Wildman–Crippen MR) is 78.9 cm³/mol. The van der Waals surface area contributed by atoms with Crippen LogP contribution < -0.4 is 4.74 Å². The van der Waals surface area contributed by atoms with E-state index in [1.54, 1.807) is 19.1 Å². The number of aromatic carboxylic acids is 1. The van der Waals surface area contributed by atoms with Gasteiger partial charge in [0.05, 0.1) is 17.8 Å². The van der Waals surface area contributed by atoms with E-state index in [1.165, 1.54) is 12.8 Å². The van der Waals surface area contributed by atoms with E-state index >= 15 is 0 Å². The van der Waals surface area contributed by atoms with Gasteiger partial charge in [0, 0.05) is 12.8 Å². The van der Waals surface area contributed by atoms with Crippen LogP contribution in [0.15, 0.2) is 18.2 Å². The Labute approximate surface area is 125 Å². The zero-order valence-corrected chi connectivity index (χ0v) is 12.4. The molecule has 1 aromatic carbocycles. The van der Waals surface area contributed by atoms with Crippen molar-refractivity contribution in [3.8, 4) is 5.75 Å². The van der Waals surface area contributed by atoms with Crippen molar-refractivity contribution in [3.05, 3.63) is 29.3 Å². The lowest BCUT2D eigenvalue weighted by Gasteiger charge is -2.38. The smallest absolute Gasteiger partial charge is 0.335 e. The standard InChI is InChI=1S/C17H22O4/c1-12-10-13(4-5-15(12)16(18)19)21-14-6-9-20-17(11-14)7-2-3-8-17/h4-5,10,14H,2-3,6-9,11H2,1H3,(H,18,19). The van der Waals surface area contributed by atoms with E-state index in [9.17, 15) is 4.79 Å². The maximum Gasteiger partial charge on any atom is 0.335 e. The summed E-state index contributed by atoms with van der Waals surface area (Å²) in [6, 6.07) is 5.20. The fourth-order valence-corrected chi connectivity index (χ4v) is 3.59. The topological polar surface area (TPSA) is 55.8 Å². The molecule has 1 aliphatic heterocycles. The van der Waals surface area contributed by atoms with Crippen molar-refractivity contribution in [3.63, 3.8) is 0 Å². The van der Waals surface area contributed by atoms with Crippen LogP contribution in [0.5, 0.6) is 5.75 Å². The van der Waals surface area contributed by atoms with Crippen molar-refractivity contribution in [2.45, 2.75) is 57.2 Å². The number of carboxylic acids is 1. The molecule has 4 heteroatoms. The monoisotopic (exact) mass is 290 g/mol. The summed E-state index contributed by atoms with van der Waals surface area (Å²) in [5.74, 6) is -0.132. The van der Waals surface area contributed by atoms with E-state index in [-0.39, 0.29) is 11.7 Å². The summed E-state index contributed by atoms with van der Waals surface area (Å²) >= 11 is 0. The van der Waals surface area contributed by atoms with Gasteiger partial charge in [-0.1, -0.05) is 12.8 Å². The van der Waals surface area contributed by atoms with Gasteiger partial charge in [-0.15, -0.1) is 0 Å². The lowest BCUT2D eigenvalue weighted by atomic mass is 9.90. The second-order valence-corrected chi connectivity index (χ2v) is 6.25. The van der Waals surface area contributed by atoms with Crippen LogP contribution in [-0.4, -0.2) is 29.4 Å². The third-order valence-electron chi connectivity index (χ3n) is 4.69. The Morgan fingerprint density at radius 2 is 2.14 bits per heavy atom. The minimum atomic E-state index is -0.893. The molecule has 0 bridgehead atoms. The molecule has 1 N–H and O–H groups in total. The van der Waals surface area contributed by atoms with Crippen LogP contribution in [-0.2, 0) is 4.74 Å². The van der Waals surface area contributed by atoms with Gasteiger partial charge in [0.25, 0.3) is 0 Å². The summed E-state index contributed by atoms with van der Waals surface area (Å²) in [5.41, 5.74) is 1.11. The number of carbonyl (C=O) groups is 1. The van der Waals surface area contributed by atoms with Crippen molar-refractivity contribution in [2.24, 2.45) is 0 Å². The van der Waals surface area contributed by atoms with Gasteiger partial charge >= 0.3 is 5.97 Å². The molecule has 1 saturated heterocycles. The second kappa shape index (κ2) is 5.68. The summed E-state index contributed by atoms with van der Waals surface area (Å²) in [7, 11) is 0. The Morgan fingerprint density at radius 1 is 1.38 bits per heavy atom. The molecule has 2 aliphatic rings. The molecule has 21 heavy (non-hydrogen) atoms. The van der Waals surface area contributed by atoms with Crippen LogP contribution in [0.4, 0.5) is 0 Å². The Hall–Kier alpha value is -1.55. The van der Waals surface area contributed by atoms with Crippen LogP contribution >= 0.6 is 0 Å². The van der Waals surface area contributed by atoms with E-state index in [4.69, 9.17) is 14.6 Å². The normalized spacial score (nSPS) is 24.1. The van der Waals surface area contributed by atoms with Crippen LogP contribution in [0.2, 0.25) is 0 Å². The first-order chi connectivity index (χ1) is 10.1. The number of benzene rings is 1.